The number of benzene rings is 2. The van der Waals surface area contributed by atoms with Crippen LogP contribution in [0, 0.1) is 5.92 Å². The van der Waals surface area contributed by atoms with E-state index in [1.165, 1.54) is 0 Å². The van der Waals surface area contributed by atoms with Crippen molar-refractivity contribution >= 4 is 23.2 Å². The van der Waals surface area contributed by atoms with Gasteiger partial charge in [-0.2, -0.15) is 0 Å². The van der Waals surface area contributed by atoms with Gasteiger partial charge in [-0.3, -0.25) is 9.78 Å². The van der Waals surface area contributed by atoms with E-state index in [4.69, 9.17) is 11.6 Å². The number of halogens is 1. The SMILES string of the molecule is CC1CCN(C(=O)c2ccc(-c3cc(-c4ccnc(C(C)(C)C)c4)cc(N(C)C)c3)c(Cl)c2)CC1. The summed E-state index contributed by atoms with van der Waals surface area (Å²) in [5.74, 6) is 0.752. The summed E-state index contributed by atoms with van der Waals surface area (Å²) in [5, 5.41) is 0.591. The molecule has 0 radical (unpaired) electrons. The van der Waals surface area contributed by atoms with Gasteiger partial charge in [-0.25, -0.2) is 0 Å². The van der Waals surface area contributed by atoms with Gasteiger partial charge < -0.3 is 9.80 Å². The standard InChI is InChI=1S/C30H36ClN3O/c1-20-10-13-34(14-11-20)29(35)22-7-8-26(27(31)18-22)24-15-23(16-25(17-24)33(5)6)21-9-12-32-28(19-21)30(2,3)4/h7-9,12,15-20H,10-11,13-14H2,1-6H3. The molecule has 1 fully saturated rings. The molecule has 1 aliphatic rings. The number of rotatable bonds is 4. The molecule has 1 aromatic heterocycles. The molecule has 0 saturated carbocycles. The van der Waals surface area contributed by atoms with Crippen molar-refractivity contribution in [2.75, 3.05) is 32.1 Å². The number of hydrogen-bond acceptors (Lipinski definition) is 3. The van der Waals surface area contributed by atoms with Crippen LogP contribution in [0.1, 0.15) is 56.6 Å². The van der Waals surface area contributed by atoms with Crippen LogP contribution in [0.2, 0.25) is 5.02 Å². The molecule has 1 aliphatic heterocycles. The van der Waals surface area contributed by atoms with Gasteiger partial charge in [-0.05, 0) is 77.9 Å². The number of carbonyl (C=O) groups excluding carboxylic acids is 1. The number of likely N-dealkylation sites (tertiary alicyclic amines) is 1. The lowest BCUT2D eigenvalue weighted by atomic mass is 9.89. The Morgan fingerprint density at radius 2 is 1.66 bits per heavy atom. The third-order valence-corrected chi connectivity index (χ3v) is 7.21. The number of pyridine rings is 1. The molecular formula is C30H36ClN3O. The van der Waals surface area contributed by atoms with Crippen LogP contribution in [-0.2, 0) is 5.41 Å². The number of amides is 1. The number of carbonyl (C=O) groups is 1. The maximum atomic E-state index is 13.1. The van der Waals surface area contributed by atoms with E-state index in [2.05, 4.69) is 67.9 Å². The molecule has 0 unspecified atom stereocenters. The number of piperidine rings is 1. The third kappa shape index (κ3) is 5.70. The second-order valence-electron chi connectivity index (χ2n) is 11.0. The first-order valence-electron chi connectivity index (χ1n) is 12.4. The van der Waals surface area contributed by atoms with Crippen LogP contribution in [0.3, 0.4) is 0 Å². The van der Waals surface area contributed by atoms with Crippen LogP contribution < -0.4 is 4.90 Å². The molecule has 0 bridgehead atoms. The molecule has 2 aromatic carbocycles. The molecule has 184 valence electrons. The van der Waals surface area contributed by atoms with Gasteiger partial charge in [-0.1, -0.05) is 45.4 Å². The van der Waals surface area contributed by atoms with Crippen molar-refractivity contribution in [1.82, 2.24) is 9.88 Å². The summed E-state index contributed by atoms with van der Waals surface area (Å²) >= 11 is 6.79. The summed E-state index contributed by atoms with van der Waals surface area (Å²) in [7, 11) is 4.08. The Bertz CT molecular complexity index is 1220. The fraction of sp³-hybridized carbons (Fsp3) is 0.400. The molecule has 0 N–H and O–H groups in total. The van der Waals surface area contributed by atoms with Crippen molar-refractivity contribution in [2.24, 2.45) is 5.92 Å². The average molecular weight is 490 g/mol. The molecule has 1 amide bonds. The zero-order valence-electron chi connectivity index (χ0n) is 21.7. The first-order chi connectivity index (χ1) is 16.5. The van der Waals surface area contributed by atoms with Crippen LogP contribution in [0.25, 0.3) is 22.3 Å². The van der Waals surface area contributed by atoms with Crippen LogP contribution >= 0.6 is 11.6 Å². The van der Waals surface area contributed by atoms with Crippen molar-refractivity contribution in [1.29, 1.82) is 0 Å². The Morgan fingerprint density at radius 3 is 2.29 bits per heavy atom. The summed E-state index contributed by atoms with van der Waals surface area (Å²) in [6, 6.07) is 16.4. The zero-order valence-corrected chi connectivity index (χ0v) is 22.5. The van der Waals surface area contributed by atoms with E-state index < -0.39 is 0 Å². The molecule has 5 heteroatoms. The van der Waals surface area contributed by atoms with Crippen molar-refractivity contribution < 1.29 is 4.79 Å². The van der Waals surface area contributed by atoms with Gasteiger partial charge in [0, 0.05) is 66.3 Å². The molecule has 4 rings (SSSR count). The van der Waals surface area contributed by atoms with Gasteiger partial charge in [0.25, 0.3) is 5.91 Å². The molecule has 4 nitrogen and oxygen atoms in total. The Kier molecular flexibility index (Phi) is 7.23. The first-order valence-corrected chi connectivity index (χ1v) is 12.8. The largest absolute Gasteiger partial charge is 0.378 e. The van der Waals surface area contributed by atoms with Gasteiger partial charge in [-0.15, -0.1) is 0 Å². The smallest absolute Gasteiger partial charge is 0.253 e. The fourth-order valence-electron chi connectivity index (χ4n) is 4.49. The van der Waals surface area contributed by atoms with Gasteiger partial charge in [0.15, 0.2) is 0 Å². The molecule has 0 spiro atoms. The van der Waals surface area contributed by atoms with E-state index in [1.807, 2.05) is 43.4 Å². The Morgan fingerprint density at radius 1 is 0.971 bits per heavy atom. The molecule has 0 atom stereocenters. The van der Waals surface area contributed by atoms with E-state index in [-0.39, 0.29) is 11.3 Å². The van der Waals surface area contributed by atoms with Crippen molar-refractivity contribution in [3.8, 4) is 22.3 Å². The number of aromatic nitrogens is 1. The lowest BCUT2D eigenvalue weighted by molar-refractivity contribution is 0.0697. The van der Waals surface area contributed by atoms with Crippen LogP contribution in [0.4, 0.5) is 5.69 Å². The fourth-order valence-corrected chi connectivity index (χ4v) is 4.78. The lowest BCUT2D eigenvalue weighted by Gasteiger charge is -2.30. The van der Waals surface area contributed by atoms with E-state index in [1.54, 1.807) is 0 Å². The summed E-state index contributed by atoms with van der Waals surface area (Å²) in [6.07, 6.45) is 4.00. The van der Waals surface area contributed by atoms with E-state index in [0.29, 0.717) is 16.5 Å². The maximum absolute atomic E-state index is 13.1. The lowest BCUT2D eigenvalue weighted by Crippen LogP contribution is -2.37. The minimum absolute atomic E-state index is 0.0317. The summed E-state index contributed by atoms with van der Waals surface area (Å²) in [4.78, 5) is 21.7. The number of anilines is 1. The van der Waals surface area contributed by atoms with Crippen molar-refractivity contribution in [2.45, 2.75) is 46.0 Å². The topological polar surface area (TPSA) is 36.4 Å². The average Bonchev–Trinajstić information content (AvgIpc) is 2.83. The Balaban J connectivity index is 1.71. The maximum Gasteiger partial charge on any atom is 0.253 e. The van der Waals surface area contributed by atoms with Gasteiger partial charge >= 0.3 is 0 Å². The molecule has 0 aliphatic carbocycles. The van der Waals surface area contributed by atoms with Crippen LogP contribution in [0.5, 0.6) is 0 Å². The Labute approximate surface area is 214 Å². The van der Waals surface area contributed by atoms with Gasteiger partial charge in [0.05, 0.1) is 0 Å². The second-order valence-corrected chi connectivity index (χ2v) is 11.4. The normalized spacial score (nSPS) is 14.8. The molecule has 2 heterocycles. The third-order valence-electron chi connectivity index (χ3n) is 6.89. The molecule has 1 saturated heterocycles. The predicted molar refractivity (Wildman–Crippen MR) is 147 cm³/mol. The molecule has 35 heavy (non-hydrogen) atoms. The first kappa shape index (κ1) is 25.2. The minimum Gasteiger partial charge on any atom is -0.378 e. The van der Waals surface area contributed by atoms with Crippen LogP contribution in [-0.4, -0.2) is 43.0 Å². The van der Waals surface area contributed by atoms with Gasteiger partial charge in [0.2, 0.25) is 0 Å². The summed E-state index contributed by atoms with van der Waals surface area (Å²) in [6.45, 7) is 10.4. The highest BCUT2D eigenvalue weighted by molar-refractivity contribution is 6.33. The van der Waals surface area contributed by atoms with E-state index in [9.17, 15) is 4.79 Å². The van der Waals surface area contributed by atoms with E-state index in [0.717, 1.165) is 59.6 Å². The Hall–Kier alpha value is -2.85. The molecule has 3 aromatic rings. The monoisotopic (exact) mass is 489 g/mol. The highest BCUT2D eigenvalue weighted by Crippen LogP contribution is 2.36. The summed E-state index contributed by atoms with van der Waals surface area (Å²) in [5.41, 5.74) is 6.94. The zero-order chi connectivity index (χ0) is 25.3. The summed E-state index contributed by atoms with van der Waals surface area (Å²) < 4.78 is 0. The number of nitrogens with zero attached hydrogens (tertiary/aromatic N) is 3. The molecular weight excluding hydrogens is 454 g/mol. The predicted octanol–water partition coefficient (Wildman–Crippen LogP) is 7.30. The highest BCUT2D eigenvalue weighted by Gasteiger charge is 2.22. The van der Waals surface area contributed by atoms with Gasteiger partial charge in [0.1, 0.15) is 0 Å². The van der Waals surface area contributed by atoms with Crippen LogP contribution in [0.15, 0.2) is 54.7 Å². The highest BCUT2D eigenvalue weighted by atomic mass is 35.5. The second kappa shape index (κ2) is 10.0. The van der Waals surface area contributed by atoms with E-state index >= 15 is 0 Å². The van der Waals surface area contributed by atoms with Crippen molar-refractivity contribution in [3.63, 3.8) is 0 Å². The quantitative estimate of drug-likeness (QED) is 0.385. The minimum atomic E-state index is -0.0317. The van der Waals surface area contributed by atoms with Crippen molar-refractivity contribution in [3.05, 3.63) is 71.0 Å². The number of hydrogen-bond donors (Lipinski definition) is 0.